The number of anilines is 1. The number of nitrogens with one attached hydrogen (secondary N) is 1. The van der Waals surface area contributed by atoms with E-state index in [1.54, 1.807) is 24.3 Å². The predicted octanol–water partition coefficient (Wildman–Crippen LogP) is 2.89. The summed E-state index contributed by atoms with van der Waals surface area (Å²) in [6.45, 7) is 4.78. The average Bonchev–Trinajstić information content (AvgIpc) is 2.77. The van der Waals surface area contributed by atoms with E-state index in [4.69, 9.17) is 4.74 Å². The van der Waals surface area contributed by atoms with Crippen LogP contribution in [0.25, 0.3) is 0 Å². The standard InChI is InChI=1S/C16H20N2O4S/c1-3-9-18-15(20)13(23-16(18)21)10-14(19)17-11-5-7-12(8-6-11)22-4-2/h5-8,13H,3-4,9-10H2,1-2H3,(H,17,19). The Kier molecular flexibility index (Phi) is 6.04. The van der Waals surface area contributed by atoms with Crippen LogP contribution < -0.4 is 10.1 Å². The van der Waals surface area contributed by atoms with Crippen LogP contribution in [0.15, 0.2) is 24.3 Å². The number of carbonyl (C=O) groups is 3. The fourth-order valence-electron chi connectivity index (χ4n) is 2.24. The first kappa shape index (κ1) is 17.3. The highest BCUT2D eigenvalue weighted by Gasteiger charge is 2.39. The van der Waals surface area contributed by atoms with Gasteiger partial charge in [0, 0.05) is 18.7 Å². The summed E-state index contributed by atoms with van der Waals surface area (Å²) in [5.41, 5.74) is 0.630. The summed E-state index contributed by atoms with van der Waals surface area (Å²) in [6, 6.07) is 7.00. The summed E-state index contributed by atoms with van der Waals surface area (Å²) < 4.78 is 5.33. The summed E-state index contributed by atoms with van der Waals surface area (Å²) in [5, 5.41) is 1.83. The molecule has 1 fully saturated rings. The number of carbonyl (C=O) groups excluding carboxylic acids is 3. The van der Waals surface area contributed by atoms with Gasteiger partial charge in [0.05, 0.1) is 6.61 Å². The molecule has 0 aliphatic carbocycles. The van der Waals surface area contributed by atoms with Gasteiger partial charge < -0.3 is 10.1 Å². The minimum absolute atomic E-state index is 0.0112. The number of nitrogens with zero attached hydrogens (tertiary/aromatic N) is 1. The van der Waals surface area contributed by atoms with Crippen LogP contribution in [-0.4, -0.2) is 40.4 Å². The summed E-state index contributed by atoms with van der Waals surface area (Å²) in [4.78, 5) is 37.1. The average molecular weight is 336 g/mol. The summed E-state index contributed by atoms with van der Waals surface area (Å²) in [5.74, 6) is 0.169. The molecule has 0 spiro atoms. The lowest BCUT2D eigenvalue weighted by molar-refractivity contribution is -0.128. The molecule has 1 saturated heterocycles. The molecular weight excluding hydrogens is 316 g/mol. The second-order valence-corrected chi connectivity index (χ2v) is 6.23. The number of hydrogen-bond donors (Lipinski definition) is 1. The molecule has 124 valence electrons. The molecule has 1 aromatic rings. The molecule has 1 atom stereocenters. The molecule has 1 unspecified atom stereocenters. The first-order chi connectivity index (χ1) is 11.0. The SMILES string of the molecule is CCCN1C(=O)SC(CC(=O)Nc2ccc(OCC)cc2)C1=O. The van der Waals surface area contributed by atoms with Gasteiger partial charge in [-0.2, -0.15) is 0 Å². The van der Waals surface area contributed by atoms with Crippen molar-refractivity contribution in [3.05, 3.63) is 24.3 Å². The topological polar surface area (TPSA) is 75.7 Å². The first-order valence-corrected chi connectivity index (χ1v) is 8.47. The zero-order valence-electron chi connectivity index (χ0n) is 13.2. The highest BCUT2D eigenvalue weighted by atomic mass is 32.2. The number of thioether (sulfide) groups is 1. The van der Waals surface area contributed by atoms with Crippen LogP contribution in [0, 0.1) is 0 Å². The lowest BCUT2D eigenvalue weighted by Gasteiger charge is -2.12. The third-order valence-electron chi connectivity index (χ3n) is 3.27. The Labute approximate surface area is 139 Å². The Morgan fingerprint density at radius 3 is 2.57 bits per heavy atom. The van der Waals surface area contributed by atoms with Gasteiger partial charge in [-0.25, -0.2) is 0 Å². The van der Waals surface area contributed by atoms with Crippen molar-refractivity contribution in [2.24, 2.45) is 0 Å². The molecule has 0 bridgehead atoms. The predicted molar refractivity (Wildman–Crippen MR) is 89.6 cm³/mol. The molecule has 0 radical (unpaired) electrons. The molecule has 1 aromatic carbocycles. The normalized spacial score (nSPS) is 17.5. The molecule has 7 heteroatoms. The van der Waals surface area contributed by atoms with E-state index in [2.05, 4.69) is 5.32 Å². The van der Waals surface area contributed by atoms with Gasteiger partial charge in [0.15, 0.2) is 0 Å². The van der Waals surface area contributed by atoms with Crippen molar-refractivity contribution in [2.45, 2.75) is 31.9 Å². The molecule has 2 rings (SSSR count). The van der Waals surface area contributed by atoms with E-state index in [1.807, 2.05) is 13.8 Å². The van der Waals surface area contributed by atoms with Gasteiger partial charge >= 0.3 is 0 Å². The molecule has 1 N–H and O–H groups in total. The minimum Gasteiger partial charge on any atom is -0.494 e. The second-order valence-electron chi connectivity index (χ2n) is 5.07. The fourth-order valence-corrected chi connectivity index (χ4v) is 3.25. The van der Waals surface area contributed by atoms with Gasteiger partial charge in [0.25, 0.3) is 5.24 Å². The number of imide groups is 1. The number of ether oxygens (including phenoxy) is 1. The molecule has 0 aromatic heterocycles. The molecule has 23 heavy (non-hydrogen) atoms. The van der Waals surface area contributed by atoms with Crippen LogP contribution in [0.2, 0.25) is 0 Å². The molecule has 3 amide bonds. The van der Waals surface area contributed by atoms with E-state index in [-0.39, 0.29) is 23.5 Å². The lowest BCUT2D eigenvalue weighted by atomic mass is 10.2. The van der Waals surface area contributed by atoms with Crippen molar-refractivity contribution in [1.82, 2.24) is 4.90 Å². The van der Waals surface area contributed by atoms with Gasteiger partial charge in [-0.1, -0.05) is 18.7 Å². The fraction of sp³-hybridized carbons (Fsp3) is 0.438. The Morgan fingerprint density at radius 1 is 1.26 bits per heavy atom. The van der Waals surface area contributed by atoms with Crippen molar-refractivity contribution in [3.8, 4) is 5.75 Å². The number of benzene rings is 1. The van der Waals surface area contributed by atoms with Crippen molar-refractivity contribution in [1.29, 1.82) is 0 Å². The van der Waals surface area contributed by atoms with Gasteiger partial charge in [-0.15, -0.1) is 0 Å². The molecule has 0 saturated carbocycles. The third kappa shape index (κ3) is 4.48. The van der Waals surface area contributed by atoms with Crippen LogP contribution in [-0.2, 0) is 9.59 Å². The van der Waals surface area contributed by atoms with Gasteiger partial charge in [0.1, 0.15) is 11.0 Å². The highest BCUT2D eigenvalue weighted by molar-refractivity contribution is 8.15. The smallest absolute Gasteiger partial charge is 0.289 e. The van der Waals surface area contributed by atoms with Crippen LogP contribution in [0.1, 0.15) is 26.7 Å². The van der Waals surface area contributed by atoms with Crippen LogP contribution >= 0.6 is 11.8 Å². The van der Waals surface area contributed by atoms with Crippen molar-refractivity contribution >= 4 is 34.5 Å². The van der Waals surface area contributed by atoms with Crippen LogP contribution in [0.4, 0.5) is 10.5 Å². The molecule has 1 aliphatic heterocycles. The summed E-state index contributed by atoms with van der Waals surface area (Å²) in [6.07, 6.45) is 0.700. The van der Waals surface area contributed by atoms with Crippen molar-refractivity contribution in [3.63, 3.8) is 0 Å². The maximum Gasteiger partial charge on any atom is 0.289 e. The van der Waals surface area contributed by atoms with E-state index < -0.39 is 5.25 Å². The Balaban J connectivity index is 1.89. The minimum atomic E-state index is -0.628. The number of amides is 3. The van der Waals surface area contributed by atoms with E-state index in [1.165, 1.54) is 4.90 Å². The van der Waals surface area contributed by atoms with Gasteiger partial charge in [0.2, 0.25) is 11.8 Å². The number of rotatable bonds is 7. The molecular formula is C16H20N2O4S. The van der Waals surface area contributed by atoms with Gasteiger partial charge in [-0.3, -0.25) is 19.3 Å². The maximum absolute atomic E-state index is 12.1. The second kappa shape index (κ2) is 8.01. The largest absolute Gasteiger partial charge is 0.494 e. The zero-order valence-corrected chi connectivity index (χ0v) is 14.0. The molecule has 1 aliphatic rings. The van der Waals surface area contributed by atoms with Crippen LogP contribution in [0.5, 0.6) is 5.75 Å². The maximum atomic E-state index is 12.1. The van der Waals surface area contributed by atoms with E-state index in [9.17, 15) is 14.4 Å². The van der Waals surface area contributed by atoms with Gasteiger partial charge in [-0.05, 0) is 37.6 Å². The molecule has 6 nitrogen and oxygen atoms in total. The number of hydrogen-bond acceptors (Lipinski definition) is 5. The monoisotopic (exact) mass is 336 g/mol. The zero-order chi connectivity index (χ0) is 16.8. The quantitative estimate of drug-likeness (QED) is 0.828. The first-order valence-electron chi connectivity index (χ1n) is 7.59. The summed E-state index contributed by atoms with van der Waals surface area (Å²) in [7, 11) is 0. The van der Waals surface area contributed by atoms with Crippen molar-refractivity contribution < 1.29 is 19.1 Å². The summed E-state index contributed by atoms with van der Waals surface area (Å²) >= 11 is 0.926. The van der Waals surface area contributed by atoms with E-state index in [0.717, 1.165) is 17.5 Å². The van der Waals surface area contributed by atoms with Crippen molar-refractivity contribution in [2.75, 3.05) is 18.5 Å². The van der Waals surface area contributed by atoms with E-state index in [0.29, 0.717) is 25.3 Å². The Morgan fingerprint density at radius 2 is 1.96 bits per heavy atom. The van der Waals surface area contributed by atoms with E-state index >= 15 is 0 Å². The lowest BCUT2D eigenvalue weighted by Crippen LogP contribution is -2.33. The third-order valence-corrected chi connectivity index (χ3v) is 4.35. The highest BCUT2D eigenvalue weighted by Crippen LogP contribution is 2.29. The molecule has 1 heterocycles. The van der Waals surface area contributed by atoms with Crippen LogP contribution in [0.3, 0.4) is 0 Å². The Hall–Kier alpha value is -2.02. The Bertz CT molecular complexity index is 588.